The van der Waals surface area contributed by atoms with Gasteiger partial charge in [0.05, 0.1) is 6.10 Å². The molecule has 1 heteroatoms. The summed E-state index contributed by atoms with van der Waals surface area (Å²) in [6.07, 6.45) is 6.93. The molecule has 0 aliphatic rings. The Hall–Kier alpha value is -0.0400. The number of hydrogen-bond acceptors (Lipinski definition) is 1. The predicted molar refractivity (Wildman–Crippen MR) is 54.4 cm³/mol. The smallest absolute Gasteiger partial charge is 0.0568 e. The molecule has 0 saturated carbocycles. The Balaban J connectivity index is 3.17. The SMILES string of the molecule is CCC(CCCCC(C)C)OC. The lowest BCUT2D eigenvalue weighted by Gasteiger charge is -2.12. The molecule has 12 heavy (non-hydrogen) atoms. The van der Waals surface area contributed by atoms with Gasteiger partial charge in [-0.3, -0.25) is 0 Å². The average Bonchev–Trinajstić information content (AvgIpc) is 2.04. The summed E-state index contributed by atoms with van der Waals surface area (Å²) in [5, 5.41) is 0. The van der Waals surface area contributed by atoms with Crippen LogP contribution in [0, 0.1) is 5.92 Å². The molecule has 0 aliphatic heterocycles. The van der Waals surface area contributed by atoms with Gasteiger partial charge in [-0.15, -0.1) is 0 Å². The highest BCUT2D eigenvalue weighted by Crippen LogP contribution is 2.12. The minimum Gasteiger partial charge on any atom is -0.381 e. The molecule has 1 unspecified atom stereocenters. The predicted octanol–water partition coefficient (Wildman–Crippen LogP) is 3.63. The minimum absolute atomic E-state index is 0.497. The van der Waals surface area contributed by atoms with E-state index >= 15 is 0 Å². The van der Waals surface area contributed by atoms with Gasteiger partial charge < -0.3 is 4.74 Å². The van der Waals surface area contributed by atoms with E-state index in [0.29, 0.717) is 6.10 Å². The fourth-order valence-electron chi connectivity index (χ4n) is 1.41. The Morgan fingerprint density at radius 1 is 1.08 bits per heavy atom. The van der Waals surface area contributed by atoms with E-state index in [0.717, 1.165) is 12.3 Å². The van der Waals surface area contributed by atoms with E-state index in [1.807, 2.05) is 7.11 Å². The monoisotopic (exact) mass is 172 g/mol. The van der Waals surface area contributed by atoms with E-state index in [1.165, 1.54) is 25.7 Å². The minimum atomic E-state index is 0.497. The van der Waals surface area contributed by atoms with Gasteiger partial charge >= 0.3 is 0 Å². The van der Waals surface area contributed by atoms with Crippen molar-refractivity contribution < 1.29 is 4.74 Å². The lowest BCUT2D eigenvalue weighted by Crippen LogP contribution is -2.08. The van der Waals surface area contributed by atoms with Gasteiger partial charge in [-0.2, -0.15) is 0 Å². The van der Waals surface area contributed by atoms with Crippen LogP contribution in [0.2, 0.25) is 0 Å². The zero-order chi connectivity index (χ0) is 9.40. The molecule has 0 saturated heterocycles. The van der Waals surface area contributed by atoms with Crippen LogP contribution in [0.15, 0.2) is 0 Å². The molecule has 0 fully saturated rings. The molecule has 0 spiro atoms. The van der Waals surface area contributed by atoms with Crippen LogP contribution in [-0.4, -0.2) is 13.2 Å². The quantitative estimate of drug-likeness (QED) is 0.533. The summed E-state index contributed by atoms with van der Waals surface area (Å²) in [6.45, 7) is 6.76. The highest BCUT2D eigenvalue weighted by Gasteiger charge is 2.03. The highest BCUT2D eigenvalue weighted by molar-refractivity contribution is 4.55. The Bertz CT molecular complexity index is 85.0. The summed E-state index contributed by atoms with van der Waals surface area (Å²) in [5.74, 6) is 0.854. The zero-order valence-electron chi connectivity index (χ0n) is 9.10. The number of ether oxygens (including phenoxy) is 1. The van der Waals surface area contributed by atoms with Gasteiger partial charge in [0.1, 0.15) is 0 Å². The van der Waals surface area contributed by atoms with Crippen LogP contribution in [-0.2, 0) is 4.74 Å². The van der Waals surface area contributed by atoms with E-state index in [9.17, 15) is 0 Å². The fourth-order valence-corrected chi connectivity index (χ4v) is 1.41. The Kier molecular flexibility index (Phi) is 7.58. The fraction of sp³-hybridized carbons (Fsp3) is 1.00. The highest BCUT2D eigenvalue weighted by atomic mass is 16.5. The third-order valence-corrected chi connectivity index (χ3v) is 2.35. The molecule has 0 radical (unpaired) electrons. The van der Waals surface area contributed by atoms with Gasteiger partial charge in [-0.05, 0) is 18.8 Å². The molecule has 0 aromatic carbocycles. The molecule has 0 N–H and O–H groups in total. The van der Waals surface area contributed by atoms with Crippen LogP contribution >= 0.6 is 0 Å². The third kappa shape index (κ3) is 6.66. The summed E-state index contributed by atoms with van der Waals surface area (Å²) < 4.78 is 5.31. The first-order valence-electron chi connectivity index (χ1n) is 5.23. The summed E-state index contributed by atoms with van der Waals surface area (Å²) in [5.41, 5.74) is 0. The van der Waals surface area contributed by atoms with Crippen LogP contribution < -0.4 is 0 Å². The lowest BCUT2D eigenvalue weighted by atomic mass is 10.0. The van der Waals surface area contributed by atoms with E-state index in [4.69, 9.17) is 4.74 Å². The van der Waals surface area contributed by atoms with Crippen LogP contribution in [0.25, 0.3) is 0 Å². The summed E-state index contributed by atoms with van der Waals surface area (Å²) >= 11 is 0. The van der Waals surface area contributed by atoms with Crippen LogP contribution in [0.4, 0.5) is 0 Å². The van der Waals surface area contributed by atoms with Crippen molar-refractivity contribution in [2.45, 2.75) is 59.0 Å². The van der Waals surface area contributed by atoms with Crippen molar-refractivity contribution in [2.24, 2.45) is 5.92 Å². The molecule has 1 nitrogen and oxygen atoms in total. The van der Waals surface area contributed by atoms with E-state index in [1.54, 1.807) is 0 Å². The zero-order valence-corrected chi connectivity index (χ0v) is 9.10. The topological polar surface area (TPSA) is 9.23 Å². The van der Waals surface area contributed by atoms with Crippen LogP contribution in [0.1, 0.15) is 52.9 Å². The molecule has 0 aromatic rings. The maximum atomic E-state index is 5.31. The Labute approximate surface area is 77.5 Å². The lowest BCUT2D eigenvalue weighted by molar-refractivity contribution is 0.0895. The van der Waals surface area contributed by atoms with Crippen molar-refractivity contribution in [3.8, 4) is 0 Å². The van der Waals surface area contributed by atoms with Gasteiger partial charge in [0, 0.05) is 7.11 Å². The first kappa shape index (κ1) is 12.0. The summed E-state index contributed by atoms with van der Waals surface area (Å²) in [6, 6.07) is 0. The normalized spacial score (nSPS) is 13.8. The van der Waals surface area contributed by atoms with Gasteiger partial charge in [-0.25, -0.2) is 0 Å². The van der Waals surface area contributed by atoms with Crippen molar-refractivity contribution >= 4 is 0 Å². The summed E-state index contributed by atoms with van der Waals surface area (Å²) in [7, 11) is 1.82. The summed E-state index contributed by atoms with van der Waals surface area (Å²) in [4.78, 5) is 0. The Morgan fingerprint density at radius 3 is 2.08 bits per heavy atom. The standard InChI is InChI=1S/C11H24O/c1-5-11(12-4)9-7-6-8-10(2)3/h10-11H,5-9H2,1-4H3. The van der Waals surface area contributed by atoms with Crippen molar-refractivity contribution in [3.63, 3.8) is 0 Å². The van der Waals surface area contributed by atoms with Crippen molar-refractivity contribution in [2.75, 3.05) is 7.11 Å². The van der Waals surface area contributed by atoms with E-state index in [2.05, 4.69) is 20.8 Å². The van der Waals surface area contributed by atoms with Gasteiger partial charge in [0.2, 0.25) is 0 Å². The maximum absolute atomic E-state index is 5.31. The van der Waals surface area contributed by atoms with E-state index < -0.39 is 0 Å². The maximum Gasteiger partial charge on any atom is 0.0568 e. The Morgan fingerprint density at radius 2 is 1.67 bits per heavy atom. The second-order valence-corrected chi connectivity index (χ2v) is 3.94. The van der Waals surface area contributed by atoms with Crippen LogP contribution in [0.3, 0.4) is 0 Å². The average molecular weight is 172 g/mol. The number of methoxy groups -OCH3 is 1. The molecule has 0 aromatic heterocycles. The molecule has 0 bridgehead atoms. The first-order chi connectivity index (χ1) is 5.70. The molecule has 74 valence electrons. The molecule has 1 atom stereocenters. The largest absolute Gasteiger partial charge is 0.381 e. The molecule has 0 rings (SSSR count). The molecule has 0 heterocycles. The first-order valence-corrected chi connectivity index (χ1v) is 5.23. The second kappa shape index (κ2) is 7.60. The van der Waals surface area contributed by atoms with Gasteiger partial charge in [0.15, 0.2) is 0 Å². The second-order valence-electron chi connectivity index (χ2n) is 3.94. The van der Waals surface area contributed by atoms with Crippen molar-refractivity contribution in [1.29, 1.82) is 0 Å². The molecular formula is C11H24O. The van der Waals surface area contributed by atoms with Gasteiger partial charge in [-0.1, -0.05) is 40.0 Å². The van der Waals surface area contributed by atoms with Crippen molar-refractivity contribution in [3.05, 3.63) is 0 Å². The van der Waals surface area contributed by atoms with Gasteiger partial charge in [0.25, 0.3) is 0 Å². The number of unbranched alkanes of at least 4 members (excludes halogenated alkanes) is 1. The number of hydrogen-bond donors (Lipinski definition) is 0. The van der Waals surface area contributed by atoms with Crippen molar-refractivity contribution in [1.82, 2.24) is 0 Å². The van der Waals surface area contributed by atoms with Crippen LogP contribution in [0.5, 0.6) is 0 Å². The number of rotatable bonds is 7. The third-order valence-electron chi connectivity index (χ3n) is 2.35. The van der Waals surface area contributed by atoms with E-state index in [-0.39, 0.29) is 0 Å². The molecular weight excluding hydrogens is 148 g/mol. The molecule has 0 aliphatic carbocycles. The molecule has 0 amide bonds.